The van der Waals surface area contributed by atoms with Crippen molar-refractivity contribution < 1.29 is 28.3 Å². The molecule has 2 heterocycles. The fourth-order valence-corrected chi connectivity index (χ4v) is 3.94. The first-order valence-corrected chi connectivity index (χ1v) is 11.2. The number of nitrogens with one attached hydrogen (secondary N) is 2. The van der Waals surface area contributed by atoms with Gasteiger partial charge in [-0.25, -0.2) is 14.6 Å². The fraction of sp³-hybridized carbons (Fsp3) is 0.217. The van der Waals surface area contributed by atoms with Gasteiger partial charge in [-0.3, -0.25) is 4.79 Å². The highest BCUT2D eigenvalue weighted by molar-refractivity contribution is 7.99. The summed E-state index contributed by atoms with van der Waals surface area (Å²) in [4.78, 5) is 41.6. The summed E-state index contributed by atoms with van der Waals surface area (Å²) in [7, 11) is 0. The minimum atomic E-state index is -0.734. The second-order valence-corrected chi connectivity index (χ2v) is 7.88. The number of thioether (sulfide) groups is 1. The first kappa shape index (κ1) is 22.4. The predicted molar refractivity (Wildman–Crippen MR) is 120 cm³/mol. The summed E-state index contributed by atoms with van der Waals surface area (Å²) in [5.74, 6) is -1.21. The number of oxazole rings is 1. The van der Waals surface area contributed by atoms with E-state index in [2.05, 4.69) is 15.6 Å². The van der Waals surface area contributed by atoms with E-state index in [1.165, 1.54) is 0 Å². The summed E-state index contributed by atoms with van der Waals surface area (Å²) in [6.07, 6.45) is 0. The summed E-state index contributed by atoms with van der Waals surface area (Å²) >= 11 is 1.09. The molecular formula is C23H21N3O6S. The molecule has 4 rings (SSSR count). The minimum absolute atomic E-state index is 0.0524. The van der Waals surface area contributed by atoms with Crippen LogP contribution in [-0.2, 0) is 19.1 Å². The number of carbonyl (C=O) groups is 3. The molecule has 0 aliphatic carbocycles. The van der Waals surface area contributed by atoms with E-state index < -0.39 is 24.0 Å². The zero-order valence-electron chi connectivity index (χ0n) is 17.7. The van der Waals surface area contributed by atoms with Crippen molar-refractivity contribution in [3.8, 4) is 0 Å². The fourth-order valence-electron chi connectivity index (χ4n) is 3.30. The third-order valence-corrected chi connectivity index (χ3v) is 5.55. The number of benzene rings is 2. The number of para-hydroxylation sites is 2. The van der Waals surface area contributed by atoms with E-state index in [9.17, 15) is 14.4 Å². The first-order chi connectivity index (χ1) is 16.0. The van der Waals surface area contributed by atoms with Crippen LogP contribution in [0, 0.1) is 0 Å². The maximum absolute atomic E-state index is 12.7. The highest BCUT2D eigenvalue weighted by atomic mass is 32.2. The van der Waals surface area contributed by atoms with Gasteiger partial charge in [0.25, 0.3) is 5.22 Å². The lowest BCUT2D eigenvalue weighted by Crippen LogP contribution is -2.47. The highest BCUT2D eigenvalue weighted by Crippen LogP contribution is 2.28. The van der Waals surface area contributed by atoms with E-state index in [1.54, 1.807) is 37.3 Å². The summed E-state index contributed by atoms with van der Waals surface area (Å²) in [6, 6.07) is 15.0. The molecule has 170 valence electrons. The van der Waals surface area contributed by atoms with E-state index in [-0.39, 0.29) is 30.2 Å². The number of rotatable bonds is 8. The number of amides is 2. The van der Waals surface area contributed by atoms with Crippen LogP contribution in [0.25, 0.3) is 11.1 Å². The number of ether oxygens (including phenoxy) is 2. The van der Waals surface area contributed by atoms with Gasteiger partial charge in [0.1, 0.15) is 17.9 Å². The monoisotopic (exact) mass is 467 g/mol. The largest absolute Gasteiger partial charge is 0.463 e. The van der Waals surface area contributed by atoms with Crippen LogP contribution in [-0.4, -0.2) is 41.9 Å². The molecule has 1 aliphatic rings. The van der Waals surface area contributed by atoms with Gasteiger partial charge in [0.2, 0.25) is 0 Å². The van der Waals surface area contributed by atoms with Crippen LogP contribution in [0.4, 0.5) is 4.79 Å². The van der Waals surface area contributed by atoms with E-state index in [1.807, 2.05) is 24.3 Å². The Hall–Kier alpha value is -3.79. The quantitative estimate of drug-likeness (QED) is 0.382. The summed E-state index contributed by atoms with van der Waals surface area (Å²) in [5.41, 5.74) is 2.38. The van der Waals surface area contributed by atoms with Gasteiger partial charge >= 0.3 is 18.0 Å². The second-order valence-electron chi connectivity index (χ2n) is 6.95. The number of fused-ring (bicyclic) bond motifs is 1. The van der Waals surface area contributed by atoms with Crippen LogP contribution in [0.1, 0.15) is 18.5 Å². The van der Waals surface area contributed by atoms with Crippen molar-refractivity contribution in [2.45, 2.75) is 18.2 Å². The lowest BCUT2D eigenvalue weighted by Gasteiger charge is -2.29. The van der Waals surface area contributed by atoms with Crippen molar-refractivity contribution in [2.24, 2.45) is 0 Å². The minimum Gasteiger partial charge on any atom is -0.463 e. The lowest BCUT2D eigenvalue weighted by molar-refractivity contribution is -0.141. The number of urea groups is 1. The van der Waals surface area contributed by atoms with Gasteiger partial charge in [-0.2, -0.15) is 0 Å². The molecule has 0 saturated carbocycles. The van der Waals surface area contributed by atoms with Gasteiger partial charge in [0, 0.05) is 0 Å². The molecule has 1 aliphatic heterocycles. The van der Waals surface area contributed by atoms with E-state index in [0.717, 1.165) is 11.8 Å². The zero-order valence-corrected chi connectivity index (χ0v) is 18.5. The Balaban J connectivity index is 1.47. The molecule has 3 aromatic rings. The molecule has 9 nitrogen and oxygen atoms in total. The van der Waals surface area contributed by atoms with Crippen molar-refractivity contribution in [1.82, 2.24) is 15.6 Å². The first-order valence-electron chi connectivity index (χ1n) is 10.2. The Morgan fingerprint density at radius 3 is 2.61 bits per heavy atom. The maximum Gasteiger partial charge on any atom is 0.338 e. The molecule has 0 bridgehead atoms. The van der Waals surface area contributed by atoms with Crippen molar-refractivity contribution in [2.75, 3.05) is 19.0 Å². The number of carbonyl (C=O) groups excluding carboxylic acids is 3. The molecule has 2 N–H and O–H groups in total. The number of aromatic nitrogens is 1. The molecule has 2 aromatic carbocycles. The zero-order chi connectivity index (χ0) is 23.2. The Labute approximate surface area is 193 Å². The van der Waals surface area contributed by atoms with Crippen LogP contribution in [0.15, 0.2) is 75.5 Å². The predicted octanol–water partition coefficient (Wildman–Crippen LogP) is 3.33. The van der Waals surface area contributed by atoms with Gasteiger partial charge in [0.05, 0.1) is 23.9 Å². The number of hydrogen-bond acceptors (Lipinski definition) is 8. The average molecular weight is 468 g/mol. The smallest absolute Gasteiger partial charge is 0.338 e. The molecule has 0 spiro atoms. The van der Waals surface area contributed by atoms with Crippen LogP contribution < -0.4 is 10.6 Å². The maximum atomic E-state index is 12.7. The van der Waals surface area contributed by atoms with Crippen LogP contribution >= 0.6 is 11.8 Å². The number of esters is 2. The molecule has 0 fully saturated rings. The molecule has 0 saturated heterocycles. The molecule has 10 heteroatoms. The highest BCUT2D eigenvalue weighted by Gasteiger charge is 2.34. The normalized spacial score (nSPS) is 15.7. The molecular weight excluding hydrogens is 446 g/mol. The lowest BCUT2D eigenvalue weighted by atomic mass is 9.95. The number of nitrogens with zero attached hydrogens (tertiary/aromatic N) is 1. The second kappa shape index (κ2) is 10.2. The summed E-state index contributed by atoms with van der Waals surface area (Å²) in [6.45, 7) is 1.55. The van der Waals surface area contributed by atoms with E-state index in [0.29, 0.717) is 21.9 Å². The van der Waals surface area contributed by atoms with Gasteiger partial charge in [0.15, 0.2) is 5.58 Å². The van der Waals surface area contributed by atoms with Gasteiger partial charge in [-0.15, -0.1) is 0 Å². The Kier molecular flexibility index (Phi) is 6.94. The summed E-state index contributed by atoms with van der Waals surface area (Å²) in [5, 5.41) is 5.64. The van der Waals surface area contributed by atoms with E-state index in [4.69, 9.17) is 13.9 Å². The number of hydrogen-bond donors (Lipinski definition) is 2. The van der Waals surface area contributed by atoms with Gasteiger partial charge in [-0.05, 0) is 24.6 Å². The molecule has 1 aromatic heterocycles. The molecule has 33 heavy (non-hydrogen) atoms. The topological polar surface area (TPSA) is 120 Å². The van der Waals surface area contributed by atoms with Crippen LogP contribution in [0.5, 0.6) is 0 Å². The molecule has 1 unspecified atom stereocenters. The third kappa shape index (κ3) is 5.35. The van der Waals surface area contributed by atoms with Crippen LogP contribution in [0.3, 0.4) is 0 Å². The SMILES string of the molecule is CCOC(=O)C1=C(COC(=O)CSc2nc3ccccc3o2)NC(=O)NC1c1ccccc1. The standard InChI is InChI=1S/C23H21N3O6S/c1-2-30-21(28)19-16(24-22(29)26-20(19)14-8-4-3-5-9-14)12-31-18(27)13-33-23-25-15-10-6-7-11-17(15)32-23/h3-11,20H,2,12-13H2,1H3,(H2,24,26,29). The van der Waals surface area contributed by atoms with Crippen molar-refractivity contribution in [3.63, 3.8) is 0 Å². The molecule has 2 amide bonds. The Morgan fingerprint density at radius 1 is 1.09 bits per heavy atom. The molecule has 0 radical (unpaired) electrons. The van der Waals surface area contributed by atoms with Crippen molar-refractivity contribution in [1.29, 1.82) is 0 Å². The Morgan fingerprint density at radius 2 is 1.85 bits per heavy atom. The van der Waals surface area contributed by atoms with E-state index >= 15 is 0 Å². The third-order valence-electron chi connectivity index (χ3n) is 4.75. The molecule has 1 atom stereocenters. The average Bonchev–Trinajstić information content (AvgIpc) is 3.25. The van der Waals surface area contributed by atoms with Crippen molar-refractivity contribution in [3.05, 3.63) is 71.4 Å². The Bertz CT molecular complexity index is 1170. The van der Waals surface area contributed by atoms with Gasteiger partial charge < -0.3 is 24.5 Å². The van der Waals surface area contributed by atoms with Crippen LogP contribution in [0.2, 0.25) is 0 Å². The van der Waals surface area contributed by atoms with Gasteiger partial charge in [-0.1, -0.05) is 54.2 Å². The summed E-state index contributed by atoms with van der Waals surface area (Å²) < 4.78 is 16.1. The van der Waals surface area contributed by atoms with Crippen molar-refractivity contribution >= 4 is 40.8 Å².